The van der Waals surface area contributed by atoms with Crippen molar-refractivity contribution in [2.45, 2.75) is 32.9 Å². The molecule has 21 heavy (non-hydrogen) atoms. The zero-order valence-electron chi connectivity index (χ0n) is 12.6. The highest BCUT2D eigenvalue weighted by Gasteiger charge is 2.10. The fourth-order valence-electron chi connectivity index (χ4n) is 2.48. The quantitative estimate of drug-likeness (QED) is 0.722. The van der Waals surface area contributed by atoms with Gasteiger partial charge in [0.2, 0.25) is 0 Å². The average Bonchev–Trinajstić information content (AvgIpc) is 2.97. The predicted octanol–water partition coefficient (Wildman–Crippen LogP) is 4.85. The van der Waals surface area contributed by atoms with Gasteiger partial charge in [0.15, 0.2) is 0 Å². The summed E-state index contributed by atoms with van der Waals surface area (Å²) in [5.41, 5.74) is 3.63. The average molecular weight is 279 g/mol. The molecule has 0 amide bonds. The number of para-hydroxylation sites is 1. The molecular formula is C19H21NO. The molecule has 0 aliphatic heterocycles. The molecule has 0 fully saturated rings. The van der Waals surface area contributed by atoms with Crippen LogP contribution in [0, 0.1) is 0 Å². The Balaban J connectivity index is 1.66. The summed E-state index contributed by atoms with van der Waals surface area (Å²) in [5, 5.41) is 4.68. The molecule has 3 aromatic rings. The fraction of sp³-hybridized carbons (Fsp3) is 0.263. The zero-order valence-corrected chi connectivity index (χ0v) is 12.6. The van der Waals surface area contributed by atoms with E-state index in [0.717, 1.165) is 29.7 Å². The largest absolute Gasteiger partial charge is 0.459 e. The van der Waals surface area contributed by atoms with E-state index in [0.29, 0.717) is 0 Å². The van der Waals surface area contributed by atoms with Crippen molar-refractivity contribution in [2.75, 3.05) is 0 Å². The topological polar surface area (TPSA) is 25.2 Å². The van der Waals surface area contributed by atoms with Crippen LogP contribution in [0.25, 0.3) is 11.0 Å². The second-order valence-corrected chi connectivity index (χ2v) is 5.46. The smallest absolute Gasteiger partial charge is 0.134 e. The summed E-state index contributed by atoms with van der Waals surface area (Å²) in [7, 11) is 0. The Morgan fingerprint density at radius 2 is 1.71 bits per heavy atom. The van der Waals surface area contributed by atoms with Gasteiger partial charge in [-0.1, -0.05) is 49.4 Å². The van der Waals surface area contributed by atoms with Crippen molar-refractivity contribution in [3.8, 4) is 0 Å². The van der Waals surface area contributed by atoms with Crippen LogP contribution >= 0.6 is 0 Å². The highest BCUT2D eigenvalue weighted by Crippen LogP contribution is 2.23. The number of benzene rings is 2. The van der Waals surface area contributed by atoms with Crippen LogP contribution in [0.5, 0.6) is 0 Å². The Bertz CT molecular complexity index is 679. The number of nitrogens with one attached hydrogen (secondary N) is 1. The van der Waals surface area contributed by atoms with Crippen molar-refractivity contribution in [1.82, 2.24) is 5.32 Å². The molecule has 0 aliphatic rings. The third kappa shape index (κ3) is 3.17. The van der Waals surface area contributed by atoms with E-state index < -0.39 is 0 Å². The van der Waals surface area contributed by atoms with E-state index in [9.17, 15) is 0 Å². The molecule has 0 aliphatic carbocycles. The van der Waals surface area contributed by atoms with Gasteiger partial charge in [-0.25, -0.2) is 0 Å². The lowest BCUT2D eigenvalue weighted by Gasteiger charge is -2.11. The van der Waals surface area contributed by atoms with Crippen molar-refractivity contribution in [3.05, 3.63) is 71.5 Å². The first-order valence-corrected chi connectivity index (χ1v) is 7.56. The second kappa shape index (κ2) is 6.15. The van der Waals surface area contributed by atoms with E-state index in [-0.39, 0.29) is 6.04 Å². The van der Waals surface area contributed by atoms with E-state index in [1.54, 1.807) is 0 Å². The molecule has 1 N–H and O–H groups in total. The highest BCUT2D eigenvalue weighted by molar-refractivity contribution is 5.77. The van der Waals surface area contributed by atoms with Gasteiger partial charge in [-0.05, 0) is 36.6 Å². The number of fused-ring (bicyclic) bond motifs is 1. The second-order valence-electron chi connectivity index (χ2n) is 5.46. The number of furan rings is 1. The molecule has 0 saturated carbocycles. The molecule has 2 nitrogen and oxygen atoms in total. The maximum atomic E-state index is 5.89. The SMILES string of the molecule is CCc1ccc(CNC(C)c2cc3ccccc3o2)cc1. The Morgan fingerprint density at radius 3 is 2.43 bits per heavy atom. The number of aryl methyl sites for hydroxylation is 1. The van der Waals surface area contributed by atoms with Crippen molar-refractivity contribution in [3.63, 3.8) is 0 Å². The van der Waals surface area contributed by atoms with Gasteiger partial charge in [0, 0.05) is 11.9 Å². The highest BCUT2D eigenvalue weighted by atomic mass is 16.3. The van der Waals surface area contributed by atoms with Gasteiger partial charge < -0.3 is 9.73 Å². The summed E-state index contributed by atoms with van der Waals surface area (Å²) >= 11 is 0. The lowest BCUT2D eigenvalue weighted by molar-refractivity contribution is 0.451. The lowest BCUT2D eigenvalue weighted by Crippen LogP contribution is -2.17. The molecule has 2 aromatic carbocycles. The standard InChI is InChI=1S/C19H21NO/c1-3-15-8-10-16(11-9-15)13-20-14(2)19-12-17-6-4-5-7-18(17)21-19/h4-12,14,20H,3,13H2,1-2H3. The third-order valence-electron chi connectivity index (χ3n) is 3.91. The molecule has 0 bridgehead atoms. The first kappa shape index (κ1) is 13.9. The van der Waals surface area contributed by atoms with Crippen molar-refractivity contribution in [1.29, 1.82) is 0 Å². The van der Waals surface area contributed by atoms with Crippen LogP contribution in [-0.2, 0) is 13.0 Å². The van der Waals surface area contributed by atoms with Gasteiger partial charge in [0.25, 0.3) is 0 Å². The summed E-state index contributed by atoms with van der Waals surface area (Å²) < 4.78 is 5.89. The summed E-state index contributed by atoms with van der Waals surface area (Å²) in [5.74, 6) is 0.987. The summed E-state index contributed by atoms with van der Waals surface area (Å²) in [6.07, 6.45) is 1.09. The monoisotopic (exact) mass is 279 g/mol. The first-order chi connectivity index (χ1) is 10.3. The Hall–Kier alpha value is -2.06. The van der Waals surface area contributed by atoms with E-state index >= 15 is 0 Å². The number of hydrogen-bond acceptors (Lipinski definition) is 2. The first-order valence-electron chi connectivity index (χ1n) is 7.56. The summed E-state index contributed by atoms with van der Waals surface area (Å²) in [4.78, 5) is 0. The minimum Gasteiger partial charge on any atom is -0.459 e. The summed E-state index contributed by atoms with van der Waals surface area (Å²) in [6, 6.07) is 19.2. The van der Waals surface area contributed by atoms with Gasteiger partial charge in [-0.15, -0.1) is 0 Å². The predicted molar refractivity (Wildman–Crippen MR) is 87.3 cm³/mol. The van der Waals surface area contributed by atoms with Crippen LogP contribution in [-0.4, -0.2) is 0 Å². The Labute approximate surface area is 125 Å². The van der Waals surface area contributed by atoms with Gasteiger partial charge in [-0.3, -0.25) is 0 Å². The molecule has 108 valence electrons. The molecule has 0 saturated heterocycles. The van der Waals surface area contributed by atoms with E-state index in [2.05, 4.69) is 55.6 Å². The normalized spacial score (nSPS) is 12.7. The molecule has 1 heterocycles. The molecule has 2 heteroatoms. The minimum absolute atomic E-state index is 0.197. The molecule has 1 atom stereocenters. The maximum Gasteiger partial charge on any atom is 0.134 e. The van der Waals surface area contributed by atoms with E-state index in [1.807, 2.05) is 18.2 Å². The third-order valence-corrected chi connectivity index (χ3v) is 3.91. The number of rotatable bonds is 5. The zero-order chi connectivity index (χ0) is 14.7. The molecule has 1 aromatic heterocycles. The molecule has 0 spiro atoms. The van der Waals surface area contributed by atoms with Gasteiger partial charge >= 0.3 is 0 Å². The molecule has 1 unspecified atom stereocenters. The van der Waals surface area contributed by atoms with Crippen LogP contribution < -0.4 is 5.32 Å². The van der Waals surface area contributed by atoms with Crippen molar-refractivity contribution in [2.24, 2.45) is 0 Å². The van der Waals surface area contributed by atoms with Crippen LogP contribution in [0.1, 0.15) is 36.8 Å². The molecular weight excluding hydrogens is 258 g/mol. The van der Waals surface area contributed by atoms with Crippen LogP contribution in [0.4, 0.5) is 0 Å². The number of hydrogen-bond donors (Lipinski definition) is 1. The van der Waals surface area contributed by atoms with Crippen LogP contribution in [0.15, 0.2) is 59.0 Å². The molecule has 3 rings (SSSR count). The van der Waals surface area contributed by atoms with Gasteiger partial charge in [-0.2, -0.15) is 0 Å². The van der Waals surface area contributed by atoms with Crippen LogP contribution in [0.3, 0.4) is 0 Å². The Morgan fingerprint density at radius 1 is 1.00 bits per heavy atom. The van der Waals surface area contributed by atoms with Crippen LogP contribution in [0.2, 0.25) is 0 Å². The van der Waals surface area contributed by atoms with E-state index in [4.69, 9.17) is 4.42 Å². The van der Waals surface area contributed by atoms with Gasteiger partial charge in [0.1, 0.15) is 11.3 Å². The summed E-state index contributed by atoms with van der Waals surface area (Å²) in [6.45, 7) is 5.16. The molecule has 0 radical (unpaired) electrons. The van der Waals surface area contributed by atoms with E-state index in [1.165, 1.54) is 11.1 Å². The van der Waals surface area contributed by atoms with Crippen molar-refractivity contribution < 1.29 is 4.42 Å². The Kier molecular flexibility index (Phi) is 4.07. The lowest BCUT2D eigenvalue weighted by atomic mass is 10.1. The maximum absolute atomic E-state index is 5.89. The fourth-order valence-corrected chi connectivity index (χ4v) is 2.48. The van der Waals surface area contributed by atoms with Crippen molar-refractivity contribution >= 4 is 11.0 Å². The van der Waals surface area contributed by atoms with Gasteiger partial charge in [0.05, 0.1) is 6.04 Å². The minimum atomic E-state index is 0.197.